The van der Waals surface area contributed by atoms with E-state index in [0.717, 1.165) is 45.2 Å². The number of esters is 1. The van der Waals surface area contributed by atoms with Gasteiger partial charge in [0.25, 0.3) is 0 Å². The first kappa shape index (κ1) is 22.9. The molecule has 1 amide bonds. The Kier molecular flexibility index (Phi) is 16.0. The van der Waals surface area contributed by atoms with E-state index in [2.05, 4.69) is 18.6 Å². The highest BCUT2D eigenvalue weighted by Crippen LogP contribution is 2.12. The molecule has 0 aliphatic carbocycles. The largest absolute Gasteiger partial charge is 0.469 e. The Balaban J connectivity index is 3.41. The van der Waals surface area contributed by atoms with E-state index < -0.39 is 0 Å². The number of hydrogen-bond donors (Lipinski definition) is 0. The van der Waals surface area contributed by atoms with Gasteiger partial charge in [0.05, 0.1) is 7.11 Å². The zero-order chi connectivity index (χ0) is 18.0. The molecule has 0 saturated heterocycles. The molecule has 0 bridgehead atoms. The van der Waals surface area contributed by atoms with Crippen molar-refractivity contribution in [1.29, 1.82) is 0 Å². The number of nitrogens with zero attached hydrogens (tertiary/aromatic N) is 1. The molecule has 0 fully saturated rings. The third kappa shape index (κ3) is 13.4. The first-order valence-corrected chi connectivity index (χ1v) is 10.00. The highest BCUT2D eigenvalue weighted by Gasteiger charge is 2.10. The number of rotatable bonds is 16. The topological polar surface area (TPSA) is 46.6 Å². The second-order valence-electron chi connectivity index (χ2n) is 6.64. The van der Waals surface area contributed by atoms with Gasteiger partial charge in [-0.05, 0) is 25.7 Å². The van der Waals surface area contributed by atoms with Gasteiger partial charge in [0.1, 0.15) is 0 Å². The van der Waals surface area contributed by atoms with Crippen molar-refractivity contribution in [3.8, 4) is 0 Å². The third-order valence-corrected chi connectivity index (χ3v) is 4.34. The summed E-state index contributed by atoms with van der Waals surface area (Å²) in [7, 11) is 1.45. The lowest BCUT2D eigenvalue weighted by Gasteiger charge is -2.21. The van der Waals surface area contributed by atoms with Crippen molar-refractivity contribution >= 4 is 11.9 Å². The smallest absolute Gasteiger partial charge is 0.305 e. The van der Waals surface area contributed by atoms with E-state index in [9.17, 15) is 9.59 Å². The standard InChI is InChI=1S/C20H39NO3/c1-4-17-21(18-5-2)19(22)15-13-11-9-7-6-8-10-12-14-16-20(23)24-3/h4-18H2,1-3H3. The second kappa shape index (κ2) is 16.8. The number of amides is 1. The fourth-order valence-electron chi connectivity index (χ4n) is 2.94. The minimum Gasteiger partial charge on any atom is -0.469 e. The average molecular weight is 342 g/mol. The molecule has 0 saturated carbocycles. The molecule has 0 heterocycles. The molecular formula is C20H39NO3. The van der Waals surface area contributed by atoms with Gasteiger partial charge in [-0.1, -0.05) is 58.8 Å². The number of carbonyl (C=O) groups is 2. The van der Waals surface area contributed by atoms with Crippen LogP contribution in [0.15, 0.2) is 0 Å². The second-order valence-corrected chi connectivity index (χ2v) is 6.64. The van der Waals surface area contributed by atoms with E-state index in [1.165, 1.54) is 45.6 Å². The van der Waals surface area contributed by atoms with Crippen molar-refractivity contribution in [3.63, 3.8) is 0 Å². The molecule has 0 aromatic rings. The van der Waals surface area contributed by atoms with Crippen LogP contribution in [0.2, 0.25) is 0 Å². The maximum atomic E-state index is 12.1. The van der Waals surface area contributed by atoms with E-state index in [1.807, 2.05) is 4.90 Å². The van der Waals surface area contributed by atoms with Crippen molar-refractivity contribution in [1.82, 2.24) is 4.90 Å². The van der Waals surface area contributed by atoms with Crippen LogP contribution in [0.25, 0.3) is 0 Å². The maximum Gasteiger partial charge on any atom is 0.305 e. The summed E-state index contributed by atoms with van der Waals surface area (Å²) in [5.74, 6) is 0.241. The molecule has 0 N–H and O–H groups in total. The summed E-state index contributed by atoms with van der Waals surface area (Å²) in [5, 5.41) is 0. The number of methoxy groups -OCH3 is 1. The molecule has 0 unspecified atom stereocenters. The molecule has 0 radical (unpaired) electrons. The summed E-state index contributed by atoms with van der Waals surface area (Å²) in [6.07, 6.45) is 13.8. The van der Waals surface area contributed by atoms with Gasteiger partial charge in [0.2, 0.25) is 5.91 Å². The molecule has 0 aliphatic heterocycles. The average Bonchev–Trinajstić information content (AvgIpc) is 2.58. The fraction of sp³-hybridized carbons (Fsp3) is 0.900. The van der Waals surface area contributed by atoms with Crippen molar-refractivity contribution in [2.45, 2.75) is 97.3 Å². The summed E-state index contributed by atoms with van der Waals surface area (Å²) >= 11 is 0. The normalized spacial score (nSPS) is 10.6. The highest BCUT2D eigenvalue weighted by molar-refractivity contribution is 5.76. The first-order chi connectivity index (χ1) is 11.7. The lowest BCUT2D eigenvalue weighted by atomic mass is 10.1. The van der Waals surface area contributed by atoms with Crippen LogP contribution in [-0.4, -0.2) is 37.0 Å². The van der Waals surface area contributed by atoms with E-state index in [-0.39, 0.29) is 5.97 Å². The Bertz CT molecular complexity index is 312. The van der Waals surface area contributed by atoms with Crippen molar-refractivity contribution < 1.29 is 14.3 Å². The Labute approximate surface area is 149 Å². The van der Waals surface area contributed by atoms with Gasteiger partial charge in [0.15, 0.2) is 0 Å². The third-order valence-electron chi connectivity index (χ3n) is 4.34. The summed E-state index contributed by atoms with van der Waals surface area (Å²) in [6, 6.07) is 0. The van der Waals surface area contributed by atoms with Crippen LogP contribution >= 0.6 is 0 Å². The molecule has 0 rings (SSSR count). The van der Waals surface area contributed by atoms with Crippen LogP contribution in [0.5, 0.6) is 0 Å². The SMILES string of the molecule is CCCN(CCC)C(=O)CCCCCCCCCCCC(=O)OC. The zero-order valence-electron chi connectivity index (χ0n) is 16.3. The van der Waals surface area contributed by atoms with Crippen LogP contribution in [0, 0.1) is 0 Å². The van der Waals surface area contributed by atoms with Crippen LogP contribution < -0.4 is 0 Å². The van der Waals surface area contributed by atoms with Crippen molar-refractivity contribution in [3.05, 3.63) is 0 Å². The lowest BCUT2D eigenvalue weighted by Crippen LogP contribution is -2.32. The van der Waals surface area contributed by atoms with Gasteiger partial charge in [-0.25, -0.2) is 0 Å². The predicted octanol–water partition coefficient (Wildman–Crippen LogP) is 5.10. The lowest BCUT2D eigenvalue weighted by molar-refractivity contribution is -0.140. The van der Waals surface area contributed by atoms with Gasteiger partial charge in [-0.15, -0.1) is 0 Å². The van der Waals surface area contributed by atoms with Gasteiger partial charge >= 0.3 is 5.97 Å². The Hall–Kier alpha value is -1.06. The predicted molar refractivity (Wildman–Crippen MR) is 100.0 cm³/mol. The van der Waals surface area contributed by atoms with Gasteiger partial charge in [-0.3, -0.25) is 9.59 Å². The van der Waals surface area contributed by atoms with Crippen molar-refractivity contribution in [2.75, 3.05) is 20.2 Å². The van der Waals surface area contributed by atoms with Gasteiger partial charge in [0, 0.05) is 25.9 Å². The van der Waals surface area contributed by atoms with Crippen LogP contribution in [0.4, 0.5) is 0 Å². The molecule has 4 nitrogen and oxygen atoms in total. The van der Waals surface area contributed by atoms with Gasteiger partial charge in [-0.2, -0.15) is 0 Å². The highest BCUT2D eigenvalue weighted by atomic mass is 16.5. The van der Waals surface area contributed by atoms with Crippen molar-refractivity contribution in [2.24, 2.45) is 0 Å². The summed E-state index contributed by atoms with van der Waals surface area (Å²) in [4.78, 5) is 25.1. The fourth-order valence-corrected chi connectivity index (χ4v) is 2.94. The van der Waals surface area contributed by atoms with E-state index in [4.69, 9.17) is 0 Å². The Morgan fingerprint density at radius 2 is 1.12 bits per heavy atom. The maximum absolute atomic E-state index is 12.1. The molecule has 142 valence electrons. The summed E-state index contributed by atoms with van der Waals surface area (Å²) in [6.45, 7) is 6.07. The molecule has 4 heteroatoms. The molecule has 24 heavy (non-hydrogen) atoms. The number of hydrogen-bond acceptors (Lipinski definition) is 3. The minimum absolute atomic E-state index is 0.0963. The minimum atomic E-state index is -0.0963. The molecular weight excluding hydrogens is 302 g/mol. The Morgan fingerprint density at radius 3 is 1.54 bits per heavy atom. The molecule has 0 aliphatic rings. The monoisotopic (exact) mass is 341 g/mol. The van der Waals surface area contributed by atoms with Crippen LogP contribution in [0.3, 0.4) is 0 Å². The summed E-state index contributed by atoms with van der Waals surface area (Å²) in [5.41, 5.74) is 0. The molecule has 0 atom stereocenters. The van der Waals surface area contributed by atoms with Crippen LogP contribution in [0.1, 0.15) is 97.3 Å². The van der Waals surface area contributed by atoms with E-state index in [1.54, 1.807) is 0 Å². The molecule has 0 aromatic heterocycles. The summed E-state index contributed by atoms with van der Waals surface area (Å²) < 4.78 is 4.63. The van der Waals surface area contributed by atoms with E-state index >= 15 is 0 Å². The molecule has 0 aromatic carbocycles. The van der Waals surface area contributed by atoms with Crippen LogP contribution in [-0.2, 0) is 14.3 Å². The quantitative estimate of drug-likeness (QED) is 0.290. The number of carbonyl (C=O) groups excluding carboxylic acids is 2. The number of ether oxygens (including phenoxy) is 1. The zero-order valence-corrected chi connectivity index (χ0v) is 16.3. The van der Waals surface area contributed by atoms with E-state index in [0.29, 0.717) is 18.7 Å². The number of unbranched alkanes of at least 4 members (excludes halogenated alkanes) is 8. The first-order valence-electron chi connectivity index (χ1n) is 10.00. The molecule has 0 spiro atoms. The Morgan fingerprint density at radius 1 is 0.708 bits per heavy atom. The van der Waals surface area contributed by atoms with Gasteiger partial charge < -0.3 is 9.64 Å².